The number of halogens is 2. The normalized spacial score (nSPS) is 10.1. The molecule has 0 aliphatic heterocycles. The average Bonchev–Trinajstić information content (AvgIpc) is 2.53. The van der Waals surface area contributed by atoms with Gasteiger partial charge in [0.2, 0.25) is 5.75 Å². The van der Waals surface area contributed by atoms with Gasteiger partial charge in [0.15, 0.2) is 11.5 Å². The largest absolute Gasteiger partial charge is 0.493 e. The Kier molecular flexibility index (Phi) is 5.00. The highest BCUT2D eigenvalue weighted by Gasteiger charge is 2.17. The standard InChI is InChI=1S/C16H15F2NO4/c1-21-13-7-10(8-14(22-2)15(13)23-3)19-16(20)11-5-4-9(17)6-12(11)18/h4-8H,1-3H3,(H,19,20). The van der Waals surface area contributed by atoms with Gasteiger partial charge in [0.1, 0.15) is 11.6 Å². The first kappa shape index (κ1) is 16.5. The van der Waals surface area contributed by atoms with Gasteiger partial charge < -0.3 is 19.5 Å². The summed E-state index contributed by atoms with van der Waals surface area (Å²) in [5, 5.41) is 2.50. The molecule has 0 heterocycles. The van der Waals surface area contributed by atoms with Gasteiger partial charge in [0.25, 0.3) is 5.91 Å². The van der Waals surface area contributed by atoms with E-state index in [9.17, 15) is 13.6 Å². The van der Waals surface area contributed by atoms with E-state index in [-0.39, 0.29) is 5.56 Å². The maximum Gasteiger partial charge on any atom is 0.258 e. The molecule has 0 saturated carbocycles. The maximum atomic E-state index is 13.6. The van der Waals surface area contributed by atoms with Gasteiger partial charge in [0, 0.05) is 23.9 Å². The molecule has 1 N–H and O–H groups in total. The summed E-state index contributed by atoms with van der Waals surface area (Å²) in [7, 11) is 4.32. The molecule has 2 aromatic rings. The molecular weight excluding hydrogens is 308 g/mol. The third-order valence-corrected chi connectivity index (χ3v) is 3.10. The number of amides is 1. The van der Waals surface area contributed by atoms with Crippen molar-refractivity contribution in [2.45, 2.75) is 0 Å². The van der Waals surface area contributed by atoms with E-state index in [4.69, 9.17) is 14.2 Å². The summed E-state index contributed by atoms with van der Waals surface area (Å²) in [6, 6.07) is 5.72. The molecule has 0 atom stereocenters. The summed E-state index contributed by atoms with van der Waals surface area (Å²) in [6.45, 7) is 0. The topological polar surface area (TPSA) is 56.8 Å². The van der Waals surface area contributed by atoms with Crippen molar-refractivity contribution < 1.29 is 27.8 Å². The molecule has 0 saturated heterocycles. The van der Waals surface area contributed by atoms with Crippen molar-refractivity contribution in [2.24, 2.45) is 0 Å². The fraction of sp³-hybridized carbons (Fsp3) is 0.188. The number of carbonyl (C=O) groups excluding carboxylic acids is 1. The summed E-state index contributed by atoms with van der Waals surface area (Å²) >= 11 is 0. The van der Waals surface area contributed by atoms with Crippen LogP contribution in [-0.2, 0) is 0 Å². The van der Waals surface area contributed by atoms with Gasteiger partial charge in [0.05, 0.1) is 26.9 Å². The van der Waals surface area contributed by atoms with Crippen LogP contribution in [0.3, 0.4) is 0 Å². The zero-order valence-corrected chi connectivity index (χ0v) is 12.8. The van der Waals surface area contributed by atoms with Crippen LogP contribution < -0.4 is 19.5 Å². The Morgan fingerprint density at radius 2 is 1.57 bits per heavy atom. The zero-order valence-electron chi connectivity index (χ0n) is 12.8. The number of benzene rings is 2. The van der Waals surface area contributed by atoms with Crippen molar-refractivity contribution in [1.29, 1.82) is 0 Å². The van der Waals surface area contributed by atoms with Crippen LogP contribution in [0.1, 0.15) is 10.4 Å². The molecule has 0 aliphatic carbocycles. The third kappa shape index (κ3) is 3.50. The number of methoxy groups -OCH3 is 3. The number of anilines is 1. The summed E-state index contributed by atoms with van der Waals surface area (Å²) in [6.07, 6.45) is 0. The Bertz CT molecular complexity index is 709. The monoisotopic (exact) mass is 323 g/mol. The molecule has 0 unspecified atom stereocenters. The van der Waals surface area contributed by atoms with E-state index in [1.165, 1.54) is 33.5 Å². The van der Waals surface area contributed by atoms with Gasteiger partial charge in [-0.3, -0.25) is 4.79 Å². The molecule has 23 heavy (non-hydrogen) atoms. The van der Waals surface area contributed by atoms with Crippen LogP contribution >= 0.6 is 0 Å². The van der Waals surface area contributed by atoms with E-state index in [0.29, 0.717) is 29.0 Å². The van der Waals surface area contributed by atoms with Crippen LogP contribution in [0.2, 0.25) is 0 Å². The van der Waals surface area contributed by atoms with Crippen molar-refractivity contribution in [3.63, 3.8) is 0 Å². The Hall–Kier alpha value is -2.83. The average molecular weight is 323 g/mol. The predicted molar refractivity (Wildman–Crippen MR) is 80.4 cm³/mol. The van der Waals surface area contributed by atoms with E-state index in [1.54, 1.807) is 0 Å². The molecule has 2 aromatic carbocycles. The van der Waals surface area contributed by atoms with Gasteiger partial charge in [-0.15, -0.1) is 0 Å². The van der Waals surface area contributed by atoms with E-state index in [1.807, 2.05) is 0 Å². The second kappa shape index (κ2) is 6.95. The minimum atomic E-state index is -0.949. The number of nitrogens with one attached hydrogen (secondary N) is 1. The SMILES string of the molecule is COc1cc(NC(=O)c2ccc(F)cc2F)cc(OC)c1OC. The number of hydrogen-bond donors (Lipinski definition) is 1. The first-order valence-corrected chi connectivity index (χ1v) is 6.56. The fourth-order valence-electron chi connectivity index (χ4n) is 2.03. The van der Waals surface area contributed by atoms with Crippen molar-refractivity contribution in [2.75, 3.05) is 26.6 Å². The van der Waals surface area contributed by atoms with Gasteiger partial charge in [-0.05, 0) is 12.1 Å². The van der Waals surface area contributed by atoms with Crippen LogP contribution in [0.5, 0.6) is 17.2 Å². The Morgan fingerprint density at radius 1 is 0.957 bits per heavy atom. The van der Waals surface area contributed by atoms with Crippen molar-refractivity contribution in [1.82, 2.24) is 0 Å². The lowest BCUT2D eigenvalue weighted by Gasteiger charge is -2.14. The lowest BCUT2D eigenvalue weighted by atomic mass is 10.2. The molecule has 122 valence electrons. The molecule has 7 heteroatoms. The van der Waals surface area contributed by atoms with E-state index in [0.717, 1.165) is 12.1 Å². The van der Waals surface area contributed by atoms with Gasteiger partial charge >= 0.3 is 0 Å². The second-order valence-corrected chi connectivity index (χ2v) is 4.49. The minimum Gasteiger partial charge on any atom is -0.493 e. The van der Waals surface area contributed by atoms with Gasteiger partial charge in [-0.1, -0.05) is 0 Å². The lowest BCUT2D eigenvalue weighted by molar-refractivity contribution is 0.102. The minimum absolute atomic E-state index is 0.278. The Labute approximate surface area is 131 Å². The highest BCUT2D eigenvalue weighted by atomic mass is 19.1. The van der Waals surface area contributed by atoms with E-state index in [2.05, 4.69) is 5.32 Å². The van der Waals surface area contributed by atoms with Crippen molar-refractivity contribution >= 4 is 11.6 Å². The summed E-state index contributed by atoms with van der Waals surface area (Å²) in [4.78, 5) is 12.1. The third-order valence-electron chi connectivity index (χ3n) is 3.10. The highest BCUT2D eigenvalue weighted by Crippen LogP contribution is 2.40. The molecule has 0 bridgehead atoms. The van der Waals surface area contributed by atoms with Crippen LogP contribution in [-0.4, -0.2) is 27.2 Å². The smallest absolute Gasteiger partial charge is 0.258 e. The zero-order chi connectivity index (χ0) is 17.0. The van der Waals surface area contributed by atoms with Crippen LogP contribution in [0, 0.1) is 11.6 Å². The molecule has 2 rings (SSSR count). The van der Waals surface area contributed by atoms with E-state index >= 15 is 0 Å². The van der Waals surface area contributed by atoms with Gasteiger partial charge in [-0.2, -0.15) is 0 Å². The van der Waals surface area contributed by atoms with Crippen LogP contribution in [0.4, 0.5) is 14.5 Å². The van der Waals surface area contributed by atoms with Crippen LogP contribution in [0.15, 0.2) is 30.3 Å². The number of hydrogen-bond acceptors (Lipinski definition) is 4. The van der Waals surface area contributed by atoms with E-state index < -0.39 is 17.5 Å². The van der Waals surface area contributed by atoms with Gasteiger partial charge in [-0.25, -0.2) is 8.78 Å². The first-order valence-electron chi connectivity index (χ1n) is 6.56. The molecule has 0 fully saturated rings. The second-order valence-electron chi connectivity index (χ2n) is 4.49. The maximum absolute atomic E-state index is 13.6. The molecule has 1 amide bonds. The summed E-state index contributed by atoms with van der Waals surface area (Å²) in [5.41, 5.74) is 0.0355. The van der Waals surface area contributed by atoms with Crippen molar-refractivity contribution in [3.8, 4) is 17.2 Å². The fourth-order valence-corrected chi connectivity index (χ4v) is 2.03. The Balaban J connectivity index is 2.34. The molecule has 0 radical (unpaired) electrons. The summed E-state index contributed by atoms with van der Waals surface area (Å²) < 4.78 is 42.0. The predicted octanol–water partition coefficient (Wildman–Crippen LogP) is 3.24. The lowest BCUT2D eigenvalue weighted by Crippen LogP contribution is -2.14. The summed E-state index contributed by atoms with van der Waals surface area (Å²) in [5.74, 6) is -1.40. The van der Waals surface area contributed by atoms with Crippen molar-refractivity contribution in [3.05, 3.63) is 47.5 Å². The Morgan fingerprint density at radius 3 is 2.04 bits per heavy atom. The molecular formula is C16H15F2NO4. The highest BCUT2D eigenvalue weighted by molar-refractivity contribution is 6.04. The first-order chi connectivity index (χ1) is 11.0. The molecule has 0 aromatic heterocycles. The quantitative estimate of drug-likeness (QED) is 0.918. The number of ether oxygens (including phenoxy) is 3. The van der Waals surface area contributed by atoms with Crippen LogP contribution in [0.25, 0.3) is 0 Å². The number of rotatable bonds is 5. The number of carbonyl (C=O) groups is 1. The molecule has 0 spiro atoms. The molecule has 5 nitrogen and oxygen atoms in total. The molecule has 0 aliphatic rings.